The zero-order chi connectivity index (χ0) is 23.1. The second kappa shape index (κ2) is 10.6. The van der Waals surface area contributed by atoms with Crippen molar-refractivity contribution in [1.29, 1.82) is 0 Å². The molecule has 0 aromatic heterocycles. The molecule has 2 aromatic carbocycles. The smallest absolute Gasteiger partial charge is 0.337 e. The first-order valence-electron chi connectivity index (χ1n) is 10.2. The van der Waals surface area contributed by atoms with Crippen molar-refractivity contribution in [2.75, 3.05) is 52.3 Å². The highest BCUT2D eigenvalue weighted by molar-refractivity contribution is 7.89. The maximum absolute atomic E-state index is 13.0. The summed E-state index contributed by atoms with van der Waals surface area (Å²) in [5, 5.41) is 2.80. The second-order valence-electron chi connectivity index (χ2n) is 7.33. The molecule has 0 radical (unpaired) electrons. The predicted octanol–water partition coefficient (Wildman–Crippen LogP) is 1.82. The topological polar surface area (TPSA) is 105 Å². The Labute approximate surface area is 188 Å². The van der Waals surface area contributed by atoms with Gasteiger partial charge in [-0.1, -0.05) is 0 Å². The number of carbonyl (C=O) groups is 2. The molecule has 10 heteroatoms. The minimum Gasteiger partial charge on any atom is -0.497 e. The molecule has 3 rings (SSSR count). The van der Waals surface area contributed by atoms with Gasteiger partial charge in [-0.3, -0.25) is 9.69 Å². The molecule has 172 valence electrons. The largest absolute Gasteiger partial charge is 0.497 e. The van der Waals surface area contributed by atoms with Crippen LogP contribution in [-0.2, 0) is 19.6 Å². The van der Waals surface area contributed by atoms with Crippen molar-refractivity contribution < 1.29 is 27.5 Å². The first-order valence-corrected chi connectivity index (χ1v) is 11.6. The van der Waals surface area contributed by atoms with Gasteiger partial charge in [-0.15, -0.1) is 0 Å². The Hall–Kier alpha value is -2.95. The number of rotatable bonds is 7. The minimum absolute atomic E-state index is 0.148. The highest BCUT2D eigenvalue weighted by atomic mass is 32.2. The number of nitrogens with zero attached hydrogens (tertiary/aromatic N) is 2. The maximum Gasteiger partial charge on any atom is 0.337 e. The van der Waals surface area contributed by atoms with Crippen LogP contribution < -0.4 is 10.1 Å². The zero-order valence-electron chi connectivity index (χ0n) is 18.1. The molecule has 1 fully saturated rings. The number of amides is 1. The molecule has 1 heterocycles. The van der Waals surface area contributed by atoms with Crippen LogP contribution in [0.3, 0.4) is 0 Å². The van der Waals surface area contributed by atoms with Crippen molar-refractivity contribution in [3.8, 4) is 5.75 Å². The third kappa shape index (κ3) is 5.84. The van der Waals surface area contributed by atoms with Gasteiger partial charge >= 0.3 is 5.97 Å². The Bertz CT molecular complexity index is 1040. The molecule has 9 nitrogen and oxygen atoms in total. The third-order valence-corrected chi connectivity index (χ3v) is 7.11. The number of esters is 1. The SMILES string of the molecule is COC(=O)c1ccc(NC(=O)CN2CCCN(S(=O)(=O)c3ccc(OC)cc3)CC2)cc1. The van der Waals surface area contributed by atoms with E-state index in [1.807, 2.05) is 4.90 Å². The predicted molar refractivity (Wildman–Crippen MR) is 119 cm³/mol. The number of hydrogen-bond donors (Lipinski definition) is 1. The monoisotopic (exact) mass is 461 g/mol. The van der Waals surface area contributed by atoms with Crippen LogP contribution in [0.4, 0.5) is 5.69 Å². The van der Waals surface area contributed by atoms with E-state index in [1.165, 1.54) is 30.7 Å². The molecule has 0 aliphatic carbocycles. The van der Waals surface area contributed by atoms with Crippen LogP contribution >= 0.6 is 0 Å². The van der Waals surface area contributed by atoms with E-state index >= 15 is 0 Å². The second-order valence-corrected chi connectivity index (χ2v) is 9.26. The number of benzene rings is 2. The van der Waals surface area contributed by atoms with Gasteiger partial charge in [0.1, 0.15) is 5.75 Å². The molecule has 0 atom stereocenters. The van der Waals surface area contributed by atoms with Crippen molar-refractivity contribution in [3.63, 3.8) is 0 Å². The van der Waals surface area contributed by atoms with Crippen LogP contribution in [0.15, 0.2) is 53.4 Å². The van der Waals surface area contributed by atoms with Gasteiger partial charge in [-0.05, 0) is 61.5 Å². The summed E-state index contributed by atoms with van der Waals surface area (Å²) in [4.78, 5) is 26.1. The van der Waals surface area contributed by atoms with Crippen molar-refractivity contribution in [1.82, 2.24) is 9.21 Å². The lowest BCUT2D eigenvalue weighted by Gasteiger charge is -2.21. The average molecular weight is 462 g/mol. The molecule has 0 spiro atoms. The Balaban J connectivity index is 1.55. The van der Waals surface area contributed by atoms with Gasteiger partial charge in [0.05, 0.1) is 31.2 Å². The first kappa shape index (κ1) is 23.7. The van der Waals surface area contributed by atoms with Crippen molar-refractivity contribution >= 4 is 27.6 Å². The van der Waals surface area contributed by atoms with Crippen LogP contribution in [0, 0.1) is 0 Å². The van der Waals surface area contributed by atoms with E-state index in [-0.39, 0.29) is 17.3 Å². The number of carbonyl (C=O) groups excluding carboxylic acids is 2. The van der Waals surface area contributed by atoms with Crippen molar-refractivity contribution in [3.05, 3.63) is 54.1 Å². The van der Waals surface area contributed by atoms with Gasteiger partial charge in [-0.25, -0.2) is 13.2 Å². The molecule has 1 aliphatic rings. The number of nitrogens with one attached hydrogen (secondary N) is 1. The molecule has 0 bridgehead atoms. The molecule has 1 N–H and O–H groups in total. The van der Waals surface area contributed by atoms with Crippen LogP contribution in [0.1, 0.15) is 16.8 Å². The van der Waals surface area contributed by atoms with E-state index in [9.17, 15) is 18.0 Å². The van der Waals surface area contributed by atoms with Gasteiger partial charge in [0.25, 0.3) is 0 Å². The number of sulfonamides is 1. The Kier molecular flexibility index (Phi) is 7.84. The lowest BCUT2D eigenvalue weighted by atomic mass is 10.2. The van der Waals surface area contributed by atoms with E-state index in [0.717, 1.165) is 0 Å². The van der Waals surface area contributed by atoms with Crippen LogP contribution in [-0.4, -0.2) is 76.4 Å². The van der Waals surface area contributed by atoms with Crippen LogP contribution in [0.25, 0.3) is 0 Å². The molecule has 1 aliphatic heterocycles. The van der Waals surface area contributed by atoms with Crippen LogP contribution in [0.2, 0.25) is 0 Å². The Morgan fingerprint density at radius 3 is 2.25 bits per heavy atom. The molecule has 1 saturated heterocycles. The highest BCUT2D eigenvalue weighted by Gasteiger charge is 2.27. The molecule has 0 unspecified atom stereocenters. The fourth-order valence-electron chi connectivity index (χ4n) is 3.45. The maximum atomic E-state index is 13.0. The Morgan fingerprint density at radius 2 is 1.62 bits per heavy atom. The fraction of sp³-hybridized carbons (Fsp3) is 0.364. The number of hydrogen-bond acceptors (Lipinski definition) is 7. The lowest BCUT2D eigenvalue weighted by molar-refractivity contribution is -0.117. The summed E-state index contributed by atoms with van der Waals surface area (Å²) in [6, 6.07) is 12.7. The summed E-state index contributed by atoms with van der Waals surface area (Å²) < 4.78 is 37.1. The standard InChI is InChI=1S/C22H27N3O6S/c1-30-19-8-10-20(11-9-19)32(28,29)25-13-3-12-24(14-15-25)16-21(26)23-18-6-4-17(5-7-18)22(27)31-2/h4-11H,3,12-16H2,1-2H3,(H,23,26). The molecular formula is C22H27N3O6S. The number of anilines is 1. The lowest BCUT2D eigenvalue weighted by Crippen LogP contribution is -2.38. The Morgan fingerprint density at radius 1 is 0.938 bits per heavy atom. The summed E-state index contributed by atoms with van der Waals surface area (Å²) in [5.74, 6) is -0.0548. The number of methoxy groups -OCH3 is 2. The fourth-order valence-corrected chi connectivity index (χ4v) is 4.92. The molecule has 0 saturated carbocycles. The third-order valence-electron chi connectivity index (χ3n) is 5.20. The van der Waals surface area contributed by atoms with Gasteiger partial charge < -0.3 is 14.8 Å². The molecule has 32 heavy (non-hydrogen) atoms. The summed E-state index contributed by atoms with van der Waals surface area (Å²) in [7, 11) is -0.775. The first-order chi connectivity index (χ1) is 15.3. The summed E-state index contributed by atoms with van der Waals surface area (Å²) in [5.41, 5.74) is 0.970. The van der Waals surface area contributed by atoms with E-state index in [4.69, 9.17) is 4.74 Å². The van der Waals surface area contributed by atoms with Gasteiger partial charge in [0.2, 0.25) is 15.9 Å². The number of ether oxygens (including phenoxy) is 2. The van der Waals surface area contributed by atoms with E-state index in [2.05, 4.69) is 10.1 Å². The van der Waals surface area contributed by atoms with Crippen molar-refractivity contribution in [2.24, 2.45) is 0 Å². The molecule has 1 amide bonds. The van der Waals surface area contributed by atoms with Gasteiger partial charge in [0.15, 0.2) is 0 Å². The van der Waals surface area contributed by atoms with E-state index in [0.29, 0.717) is 49.6 Å². The average Bonchev–Trinajstić information content (AvgIpc) is 3.05. The molecular weight excluding hydrogens is 434 g/mol. The van der Waals surface area contributed by atoms with E-state index in [1.54, 1.807) is 36.4 Å². The van der Waals surface area contributed by atoms with Gasteiger partial charge in [0, 0.05) is 25.3 Å². The minimum atomic E-state index is -3.61. The molecule has 2 aromatic rings. The van der Waals surface area contributed by atoms with Crippen molar-refractivity contribution in [2.45, 2.75) is 11.3 Å². The highest BCUT2D eigenvalue weighted by Crippen LogP contribution is 2.21. The normalized spacial score (nSPS) is 15.6. The summed E-state index contributed by atoms with van der Waals surface area (Å²) in [6.45, 7) is 1.90. The van der Waals surface area contributed by atoms with E-state index < -0.39 is 16.0 Å². The quantitative estimate of drug-likeness (QED) is 0.627. The summed E-state index contributed by atoms with van der Waals surface area (Å²) in [6.07, 6.45) is 0.622. The summed E-state index contributed by atoms with van der Waals surface area (Å²) >= 11 is 0. The van der Waals surface area contributed by atoms with Gasteiger partial charge in [-0.2, -0.15) is 4.31 Å². The van der Waals surface area contributed by atoms with Crippen LogP contribution in [0.5, 0.6) is 5.75 Å². The zero-order valence-corrected chi connectivity index (χ0v) is 18.9.